The molecule has 1 saturated heterocycles. The van der Waals surface area contributed by atoms with Crippen LogP contribution in [-0.4, -0.2) is 52.5 Å². The summed E-state index contributed by atoms with van der Waals surface area (Å²) in [7, 11) is 1.79. The molecule has 1 fully saturated rings. The van der Waals surface area contributed by atoms with Gasteiger partial charge in [0.1, 0.15) is 0 Å². The van der Waals surface area contributed by atoms with E-state index in [0.29, 0.717) is 11.5 Å². The van der Waals surface area contributed by atoms with Crippen molar-refractivity contribution in [3.63, 3.8) is 0 Å². The van der Waals surface area contributed by atoms with E-state index < -0.39 is 0 Å². The summed E-state index contributed by atoms with van der Waals surface area (Å²) in [4.78, 5) is 19.4. The fourth-order valence-electron chi connectivity index (χ4n) is 2.69. The van der Waals surface area contributed by atoms with Gasteiger partial charge in [0.2, 0.25) is 0 Å². The van der Waals surface area contributed by atoms with E-state index in [1.54, 1.807) is 23.4 Å². The number of morpholine rings is 1. The van der Waals surface area contributed by atoms with E-state index in [9.17, 15) is 4.79 Å². The number of hydrogen-bond donors (Lipinski definition) is 0. The predicted molar refractivity (Wildman–Crippen MR) is 89.6 cm³/mol. The molecule has 1 aromatic carbocycles. The molecule has 1 aromatic heterocycles. The van der Waals surface area contributed by atoms with Crippen LogP contribution < -0.4 is 5.56 Å². The maximum atomic E-state index is 12.3. The number of rotatable bonds is 4. The Bertz CT molecular complexity index is 716. The van der Waals surface area contributed by atoms with Gasteiger partial charge in [0.05, 0.1) is 23.6 Å². The Hall–Kier alpha value is -1.37. The molecule has 0 aliphatic carbocycles. The lowest BCUT2D eigenvalue weighted by atomic mass is 10.2. The van der Waals surface area contributed by atoms with Gasteiger partial charge in [-0.1, -0.05) is 23.9 Å². The van der Waals surface area contributed by atoms with Crippen molar-refractivity contribution in [2.45, 2.75) is 18.2 Å². The largest absolute Gasteiger partial charge is 0.376 e. The van der Waals surface area contributed by atoms with Gasteiger partial charge >= 0.3 is 0 Å². The highest BCUT2D eigenvalue weighted by atomic mass is 32.2. The van der Waals surface area contributed by atoms with Crippen LogP contribution in [0.25, 0.3) is 10.9 Å². The van der Waals surface area contributed by atoms with Gasteiger partial charge < -0.3 is 4.74 Å². The molecule has 6 heteroatoms. The van der Waals surface area contributed by atoms with E-state index in [2.05, 4.69) is 16.8 Å². The maximum absolute atomic E-state index is 12.3. The zero-order valence-electron chi connectivity index (χ0n) is 13.0. The van der Waals surface area contributed by atoms with E-state index in [4.69, 9.17) is 4.74 Å². The summed E-state index contributed by atoms with van der Waals surface area (Å²) in [5, 5.41) is 1.46. The van der Waals surface area contributed by atoms with E-state index in [-0.39, 0.29) is 5.56 Å². The number of ether oxygens (including phenoxy) is 1. The second-order valence-electron chi connectivity index (χ2n) is 5.61. The van der Waals surface area contributed by atoms with Crippen LogP contribution in [0.4, 0.5) is 0 Å². The van der Waals surface area contributed by atoms with Gasteiger partial charge in [-0.25, -0.2) is 4.98 Å². The molecular formula is C16H21N3O2S. The quantitative estimate of drug-likeness (QED) is 0.635. The standard InChI is InChI=1S/C16H21N3O2S/c1-12-11-19(7-9-21-12)8-10-22-16-17-14-6-4-3-5-13(14)15(20)18(16)2/h3-6,12H,7-11H2,1-2H3/t12-/m0/s1. The van der Waals surface area contributed by atoms with E-state index in [0.717, 1.165) is 42.7 Å². The first-order chi connectivity index (χ1) is 10.6. The Morgan fingerprint density at radius 2 is 2.23 bits per heavy atom. The molecule has 3 rings (SSSR count). The third-order valence-electron chi connectivity index (χ3n) is 3.91. The van der Waals surface area contributed by atoms with Crippen LogP contribution in [0.1, 0.15) is 6.92 Å². The molecular weight excluding hydrogens is 298 g/mol. The topological polar surface area (TPSA) is 47.4 Å². The van der Waals surface area contributed by atoms with E-state index >= 15 is 0 Å². The maximum Gasteiger partial charge on any atom is 0.261 e. The summed E-state index contributed by atoms with van der Waals surface area (Å²) < 4.78 is 7.20. The van der Waals surface area contributed by atoms with Crippen molar-refractivity contribution in [3.8, 4) is 0 Å². The van der Waals surface area contributed by atoms with Crippen molar-refractivity contribution in [2.75, 3.05) is 32.0 Å². The smallest absolute Gasteiger partial charge is 0.261 e. The molecule has 22 heavy (non-hydrogen) atoms. The molecule has 0 amide bonds. The van der Waals surface area contributed by atoms with Crippen LogP contribution in [0.2, 0.25) is 0 Å². The minimum Gasteiger partial charge on any atom is -0.376 e. The molecule has 0 spiro atoms. The first kappa shape index (κ1) is 15.5. The number of para-hydroxylation sites is 1. The number of nitrogens with zero attached hydrogens (tertiary/aromatic N) is 3. The zero-order chi connectivity index (χ0) is 15.5. The highest BCUT2D eigenvalue weighted by Crippen LogP contribution is 2.17. The fourth-order valence-corrected chi connectivity index (χ4v) is 3.66. The molecule has 0 bridgehead atoms. The normalized spacial score (nSPS) is 19.6. The Morgan fingerprint density at radius 3 is 3.05 bits per heavy atom. The number of aromatic nitrogens is 2. The van der Waals surface area contributed by atoms with Crippen LogP contribution in [0.5, 0.6) is 0 Å². The monoisotopic (exact) mass is 319 g/mol. The molecule has 1 aliphatic heterocycles. The van der Waals surface area contributed by atoms with Crippen molar-refractivity contribution < 1.29 is 4.74 Å². The summed E-state index contributed by atoms with van der Waals surface area (Å²) in [6.07, 6.45) is 0.307. The van der Waals surface area contributed by atoms with Crippen molar-refractivity contribution in [1.82, 2.24) is 14.5 Å². The fraction of sp³-hybridized carbons (Fsp3) is 0.500. The summed E-state index contributed by atoms with van der Waals surface area (Å²) in [6.45, 7) is 5.85. The molecule has 0 saturated carbocycles. The molecule has 2 heterocycles. The molecule has 0 radical (unpaired) electrons. The van der Waals surface area contributed by atoms with Crippen LogP contribution in [0.3, 0.4) is 0 Å². The summed E-state index contributed by atoms with van der Waals surface area (Å²) in [6, 6.07) is 7.51. The second kappa shape index (κ2) is 6.81. The van der Waals surface area contributed by atoms with Crippen molar-refractivity contribution in [2.24, 2.45) is 7.05 Å². The van der Waals surface area contributed by atoms with Gasteiger partial charge in [0, 0.05) is 32.4 Å². The molecule has 1 aliphatic rings. The van der Waals surface area contributed by atoms with Gasteiger partial charge in [-0.3, -0.25) is 14.3 Å². The zero-order valence-corrected chi connectivity index (χ0v) is 13.8. The SMILES string of the molecule is C[C@H]1CN(CCSc2nc3ccccc3c(=O)n2C)CCO1. The van der Waals surface area contributed by atoms with Crippen molar-refractivity contribution in [1.29, 1.82) is 0 Å². The summed E-state index contributed by atoms with van der Waals surface area (Å²) in [5.74, 6) is 0.922. The minimum absolute atomic E-state index is 0.0214. The third kappa shape index (κ3) is 3.34. The average Bonchev–Trinajstić information content (AvgIpc) is 2.52. The van der Waals surface area contributed by atoms with Crippen LogP contribution in [-0.2, 0) is 11.8 Å². The first-order valence-electron chi connectivity index (χ1n) is 7.57. The molecule has 2 aromatic rings. The highest BCUT2D eigenvalue weighted by molar-refractivity contribution is 7.99. The Balaban J connectivity index is 1.69. The predicted octanol–water partition coefficient (Wildman–Crippen LogP) is 1.75. The van der Waals surface area contributed by atoms with Crippen LogP contribution >= 0.6 is 11.8 Å². The van der Waals surface area contributed by atoms with Crippen molar-refractivity contribution in [3.05, 3.63) is 34.6 Å². The van der Waals surface area contributed by atoms with Gasteiger partial charge in [0.25, 0.3) is 5.56 Å². The average molecular weight is 319 g/mol. The Morgan fingerprint density at radius 1 is 1.41 bits per heavy atom. The third-order valence-corrected chi connectivity index (χ3v) is 4.92. The summed E-state index contributed by atoms with van der Waals surface area (Å²) >= 11 is 1.64. The number of benzene rings is 1. The van der Waals surface area contributed by atoms with Gasteiger partial charge in [0.15, 0.2) is 5.16 Å². The first-order valence-corrected chi connectivity index (χ1v) is 8.56. The second-order valence-corrected chi connectivity index (χ2v) is 6.67. The summed E-state index contributed by atoms with van der Waals surface area (Å²) in [5.41, 5.74) is 0.793. The molecule has 1 atom stereocenters. The van der Waals surface area contributed by atoms with Gasteiger partial charge in [-0.15, -0.1) is 0 Å². The van der Waals surface area contributed by atoms with E-state index in [1.807, 2.05) is 24.3 Å². The molecule has 0 unspecified atom stereocenters. The van der Waals surface area contributed by atoms with E-state index in [1.165, 1.54) is 0 Å². The minimum atomic E-state index is 0.0214. The van der Waals surface area contributed by atoms with Gasteiger partial charge in [-0.2, -0.15) is 0 Å². The molecule has 0 N–H and O–H groups in total. The highest BCUT2D eigenvalue weighted by Gasteiger charge is 2.16. The van der Waals surface area contributed by atoms with Crippen molar-refractivity contribution >= 4 is 22.7 Å². The van der Waals surface area contributed by atoms with Crippen LogP contribution in [0, 0.1) is 0 Å². The molecule has 5 nitrogen and oxygen atoms in total. The molecule has 118 valence electrons. The lowest BCUT2D eigenvalue weighted by molar-refractivity contribution is -0.0158. The number of thioether (sulfide) groups is 1. The van der Waals surface area contributed by atoms with Crippen LogP contribution in [0.15, 0.2) is 34.2 Å². The lowest BCUT2D eigenvalue weighted by Gasteiger charge is -2.30. The number of fused-ring (bicyclic) bond motifs is 1. The Labute approximate surface area is 134 Å². The van der Waals surface area contributed by atoms with Gasteiger partial charge in [-0.05, 0) is 19.1 Å². The lowest BCUT2D eigenvalue weighted by Crippen LogP contribution is -2.42. The Kier molecular flexibility index (Phi) is 4.81. The number of hydrogen-bond acceptors (Lipinski definition) is 5.